The SMILES string of the molecule is CCC1c2nnc(C)n2-c2cnc(-n3ccnc3-c3ccncc3)nc2N1C1CC1. The van der Waals surface area contributed by atoms with E-state index in [9.17, 15) is 0 Å². The van der Waals surface area contributed by atoms with Crippen molar-refractivity contribution in [2.24, 2.45) is 0 Å². The molecule has 4 aromatic heterocycles. The van der Waals surface area contributed by atoms with Gasteiger partial charge in [-0.25, -0.2) is 9.97 Å². The fraction of sp³-hybridized carbons (Fsp3) is 0.333. The van der Waals surface area contributed by atoms with Crippen LogP contribution in [-0.2, 0) is 0 Å². The average molecular weight is 399 g/mol. The molecule has 0 radical (unpaired) electrons. The summed E-state index contributed by atoms with van der Waals surface area (Å²) >= 11 is 0. The van der Waals surface area contributed by atoms with Crippen LogP contribution in [0.1, 0.15) is 43.9 Å². The largest absolute Gasteiger partial charge is 0.341 e. The Labute approximate surface area is 173 Å². The van der Waals surface area contributed by atoms with Gasteiger partial charge in [0, 0.05) is 36.4 Å². The Balaban J connectivity index is 1.53. The molecule has 1 atom stereocenters. The van der Waals surface area contributed by atoms with E-state index in [0.29, 0.717) is 12.0 Å². The van der Waals surface area contributed by atoms with Gasteiger partial charge in [0.15, 0.2) is 11.6 Å². The van der Waals surface area contributed by atoms with Gasteiger partial charge < -0.3 is 4.90 Å². The highest BCUT2D eigenvalue weighted by molar-refractivity contribution is 5.64. The van der Waals surface area contributed by atoms with Crippen LogP contribution < -0.4 is 4.90 Å². The number of anilines is 1. The second-order valence-corrected chi connectivity index (χ2v) is 7.74. The van der Waals surface area contributed by atoms with Crippen molar-refractivity contribution in [3.8, 4) is 23.0 Å². The van der Waals surface area contributed by atoms with Crippen molar-refractivity contribution in [1.29, 1.82) is 0 Å². The van der Waals surface area contributed by atoms with E-state index in [-0.39, 0.29) is 6.04 Å². The number of imidazole rings is 1. The quantitative estimate of drug-likeness (QED) is 0.521. The zero-order chi connectivity index (χ0) is 20.2. The van der Waals surface area contributed by atoms with Crippen LogP contribution in [0.25, 0.3) is 23.0 Å². The van der Waals surface area contributed by atoms with Crippen LogP contribution in [0.4, 0.5) is 5.82 Å². The van der Waals surface area contributed by atoms with Gasteiger partial charge in [-0.05, 0) is 38.3 Å². The molecule has 6 rings (SSSR count). The molecule has 9 heteroatoms. The molecule has 1 fully saturated rings. The Hall–Kier alpha value is -3.62. The van der Waals surface area contributed by atoms with Gasteiger partial charge in [0.1, 0.15) is 17.3 Å². The van der Waals surface area contributed by atoms with Gasteiger partial charge in [-0.15, -0.1) is 10.2 Å². The molecule has 1 aliphatic heterocycles. The van der Waals surface area contributed by atoms with Crippen LogP contribution in [-0.4, -0.2) is 45.3 Å². The molecule has 2 aliphatic rings. The van der Waals surface area contributed by atoms with E-state index in [2.05, 4.69) is 36.6 Å². The standard InChI is InChI=1S/C21H21N9/c1-3-16-20-27-26-13(2)29(20)17-12-24-21(25-19(17)30(16)15-4-5-15)28-11-10-23-18(28)14-6-8-22-9-7-14/h6-12,15-16H,3-5H2,1-2H3. The first-order chi connectivity index (χ1) is 14.8. The third kappa shape index (κ3) is 2.47. The highest BCUT2D eigenvalue weighted by atomic mass is 15.4. The number of hydrogen-bond donors (Lipinski definition) is 0. The topological polar surface area (TPSA) is 90.4 Å². The van der Waals surface area contributed by atoms with Crippen molar-refractivity contribution >= 4 is 5.82 Å². The molecule has 0 bridgehead atoms. The lowest BCUT2D eigenvalue weighted by molar-refractivity contribution is 0.530. The zero-order valence-electron chi connectivity index (χ0n) is 16.8. The van der Waals surface area contributed by atoms with Crippen LogP contribution in [0.2, 0.25) is 0 Å². The van der Waals surface area contributed by atoms with Crippen LogP contribution in [0.3, 0.4) is 0 Å². The monoisotopic (exact) mass is 399 g/mol. The lowest BCUT2D eigenvalue weighted by atomic mass is 10.1. The number of hydrogen-bond acceptors (Lipinski definition) is 7. The second-order valence-electron chi connectivity index (χ2n) is 7.74. The Morgan fingerprint density at radius 3 is 2.67 bits per heavy atom. The molecule has 0 amide bonds. The van der Waals surface area contributed by atoms with E-state index in [1.807, 2.05) is 36.0 Å². The molecule has 9 nitrogen and oxygen atoms in total. The molecule has 0 N–H and O–H groups in total. The van der Waals surface area contributed by atoms with Crippen molar-refractivity contribution in [2.45, 2.75) is 45.2 Å². The molecule has 0 saturated heterocycles. The lowest BCUT2D eigenvalue weighted by Gasteiger charge is -2.37. The van der Waals surface area contributed by atoms with E-state index in [0.717, 1.165) is 41.0 Å². The van der Waals surface area contributed by atoms with Gasteiger partial charge in [-0.3, -0.25) is 14.1 Å². The highest BCUT2D eigenvalue weighted by Gasteiger charge is 2.42. The molecule has 30 heavy (non-hydrogen) atoms. The molecule has 0 spiro atoms. The maximum Gasteiger partial charge on any atom is 0.237 e. The first kappa shape index (κ1) is 17.3. The van der Waals surface area contributed by atoms with E-state index in [1.165, 1.54) is 12.8 Å². The van der Waals surface area contributed by atoms with Crippen molar-refractivity contribution in [3.63, 3.8) is 0 Å². The van der Waals surface area contributed by atoms with Crippen LogP contribution in [0.15, 0.2) is 43.1 Å². The summed E-state index contributed by atoms with van der Waals surface area (Å²) in [6, 6.07) is 4.53. The number of nitrogens with zero attached hydrogens (tertiary/aromatic N) is 9. The van der Waals surface area contributed by atoms with Gasteiger partial charge in [-0.1, -0.05) is 6.92 Å². The van der Waals surface area contributed by atoms with Crippen molar-refractivity contribution in [2.75, 3.05) is 4.90 Å². The minimum absolute atomic E-state index is 0.163. The van der Waals surface area contributed by atoms with E-state index >= 15 is 0 Å². The number of rotatable bonds is 4. The Bertz CT molecular complexity index is 1220. The normalized spacial score (nSPS) is 17.7. The summed E-state index contributed by atoms with van der Waals surface area (Å²) in [7, 11) is 0. The van der Waals surface area contributed by atoms with Crippen LogP contribution >= 0.6 is 0 Å². The Morgan fingerprint density at radius 1 is 1.07 bits per heavy atom. The van der Waals surface area contributed by atoms with Crippen LogP contribution in [0.5, 0.6) is 0 Å². The molecule has 4 aromatic rings. The predicted molar refractivity (Wildman–Crippen MR) is 111 cm³/mol. The molecule has 150 valence electrons. The third-order valence-electron chi connectivity index (χ3n) is 5.83. The fourth-order valence-electron chi connectivity index (χ4n) is 4.32. The summed E-state index contributed by atoms with van der Waals surface area (Å²) in [6.07, 6.45) is 12.4. The minimum atomic E-state index is 0.163. The average Bonchev–Trinajstić information content (AvgIpc) is 3.37. The van der Waals surface area contributed by atoms with Crippen LogP contribution in [0, 0.1) is 6.92 Å². The summed E-state index contributed by atoms with van der Waals surface area (Å²) in [5.74, 6) is 4.17. The van der Waals surface area contributed by atoms with Gasteiger partial charge in [0.2, 0.25) is 5.95 Å². The summed E-state index contributed by atoms with van der Waals surface area (Å²) < 4.78 is 4.03. The molecule has 1 saturated carbocycles. The smallest absolute Gasteiger partial charge is 0.237 e. The molecular formula is C21H21N9. The second kappa shape index (κ2) is 6.45. The maximum atomic E-state index is 5.05. The van der Waals surface area contributed by atoms with Gasteiger partial charge in [0.05, 0.1) is 12.2 Å². The lowest BCUT2D eigenvalue weighted by Crippen LogP contribution is -2.37. The number of pyridine rings is 1. The summed E-state index contributed by atoms with van der Waals surface area (Å²) in [5, 5.41) is 8.83. The summed E-state index contributed by atoms with van der Waals surface area (Å²) in [5.41, 5.74) is 1.91. The molecule has 5 heterocycles. The maximum absolute atomic E-state index is 5.05. The van der Waals surface area contributed by atoms with Gasteiger partial charge in [0.25, 0.3) is 0 Å². The fourth-order valence-corrected chi connectivity index (χ4v) is 4.32. The molecule has 1 unspecified atom stereocenters. The van der Waals surface area contributed by atoms with Crippen molar-refractivity contribution in [1.82, 2.24) is 39.3 Å². The Kier molecular flexibility index (Phi) is 3.71. The first-order valence-corrected chi connectivity index (χ1v) is 10.3. The van der Waals surface area contributed by atoms with E-state index in [4.69, 9.17) is 9.97 Å². The van der Waals surface area contributed by atoms with E-state index < -0.39 is 0 Å². The summed E-state index contributed by atoms with van der Waals surface area (Å²) in [4.78, 5) is 20.8. The predicted octanol–water partition coefficient (Wildman–Crippen LogP) is 3.05. The highest BCUT2D eigenvalue weighted by Crippen LogP contribution is 2.45. The Morgan fingerprint density at radius 2 is 1.90 bits per heavy atom. The van der Waals surface area contributed by atoms with Gasteiger partial charge in [-0.2, -0.15) is 4.98 Å². The third-order valence-corrected chi connectivity index (χ3v) is 5.83. The number of aryl methyl sites for hydroxylation is 1. The number of fused-ring (bicyclic) bond motifs is 3. The summed E-state index contributed by atoms with van der Waals surface area (Å²) in [6.45, 7) is 4.17. The minimum Gasteiger partial charge on any atom is -0.341 e. The molecular weight excluding hydrogens is 378 g/mol. The zero-order valence-corrected chi connectivity index (χ0v) is 16.8. The van der Waals surface area contributed by atoms with Crippen molar-refractivity contribution in [3.05, 3.63) is 54.8 Å². The van der Waals surface area contributed by atoms with Gasteiger partial charge >= 0.3 is 0 Å². The first-order valence-electron chi connectivity index (χ1n) is 10.3. The molecule has 0 aromatic carbocycles. The number of aromatic nitrogens is 8. The van der Waals surface area contributed by atoms with Crippen molar-refractivity contribution < 1.29 is 0 Å². The molecule has 1 aliphatic carbocycles. The van der Waals surface area contributed by atoms with E-state index in [1.54, 1.807) is 18.6 Å².